The molecular weight excluding hydrogens is 318 g/mol. The normalized spacial score (nSPS) is 9.60. The number of amides is 1. The maximum Gasteiger partial charge on any atom is 0.243 e. The van der Waals surface area contributed by atoms with E-state index in [1.165, 1.54) is 0 Å². The van der Waals surface area contributed by atoms with E-state index in [2.05, 4.69) is 26.6 Å². The number of carbonyl (C=O) groups is 1. The monoisotopic (exact) mass is 329 g/mol. The second-order valence-electron chi connectivity index (χ2n) is 4.10. The number of nitriles is 1. The molecule has 2 rings (SSSR count). The van der Waals surface area contributed by atoms with E-state index in [0.717, 1.165) is 10.2 Å². The molecule has 4 nitrogen and oxygen atoms in total. The van der Waals surface area contributed by atoms with Gasteiger partial charge in [-0.2, -0.15) is 5.26 Å². The van der Waals surface area contributed by atoms with E-state index in [4.69, 9.17) is 5.26 Å². The molecule has 0 heterocycles. The summed E-state index contributed by atoms with van der Waals surface area (Å²) in [5.74, 6) is -0.141. The zero-order chi connectivity index (χ0) is 14.4. The molecule has 0 atom stereocenters. The van der Waals surface area contributed by atoms with Gasteiger partial charge in [0.2, 0.25) is 5.91 Å². The summed E-state index contributed by atoms with van der Waals surface area (Å²) in [6.45, 7) is 0.182. The Bertz CT molecular complexity index is 630. The predicted molar refractivity (Wildman–Crippen MR) is 82.4 cm³/mol. The van der Waals surface area contributed by atoms with Crippen LogP contribution in [0.1, 0.15) is 5.56 Å². The molecular formula is C15H12BrN3O. The smallest absolute Gasteiger partial charge is 0.243 e. The number of nitrogens with one attached hydrogen (secondary N) is 2. The maximum atomic E-state index is 11.8. The van der Waals surface area contributed by atoms with Crippen LogP contribution < -0.4 is 10.6 Å². The van der Waals surface area contributed by atoms with Gasteiger partial charge in [-0.25, -0.2) is 0 Å². The van der Waals surface area contributed by atoms with Crippen molar-refractivity contribution in [3.8, 4) is 6.07 Å². The Morgan fingerprint density at radius 3 is 2.25 bits per heavy atom. The molecule has 0 aromatic heterocycles. The first-order valence-electron chi connectivity index (χ1n) is 5.97. The zero-order valence-corrected chi connectivity index (χ0v) is 12.1. The molecule has 0 unspecified atom stereocenters. The quantitative estimate of drug-likeness (QED) is 0.903. The summed E-state index contributed by atoms with van der Waals surface area (Å²) in [6.07, 6.45) is 0. The van der Waals surface area contributed by atoms with Crippen molar-refractivity contribution in [2.24, 2.45) is 0 Å². The number of benzene rings is 2. The van der Waals surface area contributed by atoms with Gasteiger partial charge >= 0.3 is 0 Å². The summed E-state index contributed by atoms with van der Waals surface area (Å²) in [5.41, 5.74) is 2.12. The molecule has 5 heteroatoms. The molecule has 2 aromatic rings. The van der Waals surface area contributed by atoms with Gasteiger partial charge in [-0.3, -0.25) is 4.79 Å². The Balaban J connectivity index is 1.86. The van der Waals surface area contributed by atoms with Crippen molar-refractivity contribution in [2.75, 3.05) is 17.2 Å². The average Bonchev–Trinajstić information content (AvgIpc) is 2.47. The van der Waals surface area contributed by atoms with Gasteiger partial charge in [0.05, 0.1) is 18.2 Å². The Morgan fingerprint density at radius 1 is 1.05 bits per heavy atom. The van der Waals surface area contributed by atoms with E-state index in [1.807, 2.05) is 30.3 Å². The second-order valence-corrected chi connectivity index (χ2v) is 5.01. The number of halogens is 1. The summed E-state index contributed by atoms with van der Waals surface area (Å²) in [5, 5.41) is 14.5. The molecule has 1 amide bonds. The number of anilines is 2. The van der Waals surface area contributed by atoms with Gasteiger partial charge in [-0.15, -0.1) is 0 Å². The molecule has 100 valence electrons. The van der Waals surface area contributed by atoms with E-state index in [1.54, 1.807) is 24.3 Å². The molecule has 0 spiro atoms. The number of hydrogen-bond donors (Lipinski definition) is 2. The molecule has 0 saturated heterocycles. The van der Waals surface area contributed by atoms with Crippen LogP contribution in [0.3, 0.4) is 0 Å². The molecule has 2 aromatic carbocycles. The zero-order valence-electron chi connectivity index (χ0n) is 10.6. The first kappa shape index (κ1) is 14.1. The first-order chi connectivity index (χ1) is 9.67. The van der Waals surface area contributed by atoms with Crippen LogP contribution in [0.15, 0.2) is 53.0 Å². The Hall–Kier alpha value is -2.32. The summed E-state index contributed by atoms with van der Waals surface area (Å²) in [7, 11) is 0. The Kier molecular flexibility index (Phi) is 4.75. The second kappa shape index (κ2) is 6.73. The van der Waals surface area contributed by atoms with Crippen LogP contribution in [0.25, 0.3) is 0 Å². The van der Waals surface area contributed by atoms with E-state index >= 15 is 0 Å². The van der Waals surface area contributed by atoms with Gasteiger partial charge < -0.3 is 10.6 Å². The molecule has 0 fully saturated rings. The van der Waals surface area contributed by atoms with Gasteiger partial charge in [0.25, 0.3) is 0 Å². The molecule has 2 N–H and O–H groups in total. The van der Waals surface area contributed by atoms with Gasteiger partial charge in [0.15, 0.2) is 0 Å². The van der Waals surface area contributed by atoms with Gasteiger partial charge in [-0.05, 0) is 48.5 Å². The lowest BCUT2D eigenvalue weighted by Crippen LogP contribution is -2.21. The van der Waals surface area contributed by atoms with E-state index in [9.17, 15) is 4.79 Å². The standard InChI is InChI=1S/C15H12BrN3O/c16-12-3-7-13(8-4-12)18-10-15(20)19-14-5-1-11(9-17)2-6-14/h1-8,18H,10H2,(H,19,20). The van der Waals surface area contributed by atoms with Crippen molar-refractivity contribution in [1.29, 1.82) is 5.26 Å². The lowest BCUT2D eigenvalue weighted by atomic mass is 10.2. The molecule has 0 radical (unpaired) electrons. The minimum Gasteiger partial charge on any atom is -0.376 e. The van der Waals surface area contributed by atoms with E-state index < -0.39 is 0 Å². The largest absolute Gasteiger partial charge is 0.376 e. The van der Waals surface area contributed by atoms with E-state index in [0.29, 0.717) is 11.3 Å². The highest BCUT2D eigenvalue weighted by Gasteiger charge is 2.02. The fraction of sp³-hybridized carbons (Fsp3) is 0.0667. The maximum absolute atomic E-state index is 11.8. The molecule has 0 aliphatic rings. The third-order valence-corrected chi connectivity index (χ3v) is 3.12. The van der Waals surface area contributed by atoms with Gasteiger partial charge in [-0.1, -0.05) is 15.9 Å². The van der Waals surface area contributed by atoms with Gasteiger partial charge in [0, 0.05) is 15.8 Å². The first-order valence-corrected chi connectivity index (χ1v) is 6.76. The van der Waals surface area contributed by atoms with Crippen molar-refractivity contribution in [3.63, 3.8) is 0 Å². The van der Waals surface area contributed by atoms with Crippen molar-refractivity contribution >= 4 is 33.2 Å². The van der Waals surface area contributed by atoms with Crippen LogP contribution in [-0.2, 0) is 4.79 Å². The molecule has 0 aliphatic carbocycles. The average molecular weight is 330 g/mol. The number of rotatable bonds is 4. The Morgan fingerprint density at radius 2 is 1.65 bits per heavy atom. The lowest BCUT2D eigenvalue weighted by molar-refractivity contribution is -0.114. The minimum atomic E-state index is -0.141. The predicted octanol–water partition coefficient (Wildman–Crippen LogP) is 3.37. The molecule has 0 saturated carbocycles. The summed E-state index contributed by atoms with van der Waals surface area (Å²) in [4.78, 5) is 11.8. The van der Waals surface area contributed by atoms with Crippen molar-refractivity contribution in [1.82, 2.24) is 0 Å². The van der Waals surface area contributed by atoms with Crippen LogP contribution in [-0.4, -0.2) is 12.5 Å². The summed E-state index contributed by atoms with van der Waals surface area (Å²) in [6, 6.07) is 16.4. The number of nitrogens with zero attached hydrogens (tertiary/aromatic N) is 1. The third-order valence-electron chi connectivity index (χ3n) is 2.60. The fourth-order valence-electron chi connectivity index (χ4n) is 1.58. The van der Waals surface area contributed by atoms with Crippen LogP contribution in [0.5, 0.6) is 0 Å². The van der Waals surface area contributed by atoms with E-state index in [-0.39, 0.29) is 12.5 Å². The lowest BCUT2D eigenvalue weighted by Gasteiger charge is -2.08. The van der Waals surface area contributed by atoms with Crippen molar-refractivity contribution in [3.05, 3.63) is 58.6 Å². The SMILES string of the molecule is N#Cc1ccc(NC(=O)CNc2ccc(Br)cc2)cc1. The highest BCUT2D eigenvalue weighted by Crippen LogP contribution is 2.14. The van der Waals surface area contributed by atoms with Gasteiger partial charge in [0.1, 0.15) is 0 Å². The highest BCUT2D eigenvalue weighted by molar-refractivity contribution is 9.10. The van der Waals surface area contributed by atoms with Crippen LogP contribution >= 0.6 is 15.9 Å². The number of carbonyl (C=O) groups excluding carboxylic acids is 1. The summed E-state index contributed by atoms with van der Waals surface area (Å²) >= 11 is 3.35. The summed E-state index contributed by atoms with van der Waals surface area (Å²) < 4.78 is 0.991. The molecule has 20 heavy (non-hydrogen) atoms. The van der Waals surface area contributed by atoms with Crippen molar-refractivity contribution < 1.29 is 4.79 Å². The third kappa shape index (κ3) is 4.11. The Labute approximate surface area is 125 Å². The van der Waals surface area contributed by atoms with Crippen LogP contribution in [0, 0.1) is 11.3 Å². The van der Waals surface area contributed by atoms with Crippen molar-refractivity contribution in [2.45, 2.75) is 0 Å². The van der Waals surface area contributed by atoms with Crippen LogP contribution in [0.4, 0.5) is 11.4 Å². The molecule has 0 aliphatic heterocycles. The number of hydrogen-bond acceptors (Lipinski definition) is 3. The van der Waals surface area contributed by atoms with Crippen LogP contribution in [0.2, 0.25) is 0 Å². The topological polar surface area (TPSA) is 64.9 Å². The minimum absolute atomic E-state index is 0.141. The molecule has 0 bridgehead atoms. The highest BCUT2D eigenvalue weighted by atomic mass is 79.9. The fourth-order valence-corrected chi connectivity index (χ4v) is 1.85.